The molecular formula is C19H21N3O3S. The van der Waals surface area contributed by atoms with Gasteiger partial charge >= 0.3 is 0 Å². The van der Waals surface area contributed by atoms with E-state index in [1.54, 1.807) is 35.6 Å². The Bertz CT molecular complexity index is 887. The lowest BCUT2D eigenvalue weighted by atomic mass is 10.1. The lowest BCUT2D eigenvalue weighted by Crippen LogP contribution is -2.26. The first-order chi connectivity index (χ1) is 12.6. The van der Waals surface area contributed by atoms with Gasteiger partial charge in [-0.2, -0.15) is 0 Å². The Hall–Kier alpha value is -2.80. The Morgan fingerprint density at radius 2 is 2.27 bits per heavy atom. The van der Waals surface area contributed by atoms with Crippen molar-refractivity contribution < 1.29 is 14.3 Å². The van der Waals surface area contributed by atoms with Gasteiger partial charge in [-0.3, -0.25) is 9.20 Å². The molecule has 2 aromatic heterocycles. The third-order valence-electron chi connectivity index (χ3n) is 3.77. The molecule has 0 radical (unpaired) electrons. The van der Waals surface area contributed by atoms with E-state index in [2.05, 4.69) is 16.9 Å². The van der Waals surface area contributed by atoms with E-state index in [1.807, 2.05) is 36.0 Å². The van der Waals surface area contributed by atoms with Gasteiger partial charge < -0.3 is 14.8 Å². The van der Waals surface area contributed by atoms with Gasteiger partial charge in [0.1, 0.15) is 6.61 Å². The third kappa shape index (κ3) is 3.88. The van der Waals surface area contributed by atoms with Crippen molar-refractivity contribution in [1.82, 2.24) is 14.7 Å². The number of ether oxygens (including phenoxy) is 2. The SMILES string of the molecule is C=CCOc1ccc(C(=O)N[C@@H](C)c2cn3ccsc3n2)cc1OCC. The minimum atomic E-state index is -0.207. The van der Waals surface area contributed by atoms with Crippen LogP contribution in [0.25, 0.3) is 4.96 Å². The highest BCUT2D eigenvalue weighted by molar-refractivity contribution is 7.15. The smallest absolute Gasteiger partial charge is 0.251 e. The molecule has 1 amide bonds. The van der Waals surface area contributed by atoms with Gasteiger partial charge in [0.05, 0.1) is 18.3 Å². The van der Waals surface area contributed by atoms with E-state index in [4.69, 9.17) is 9.47 Å². The van der Waals surface area contributed by atoms with Gasteiger partial charge in [0.2, 0.25) is 0 Å². The van der Waals surface area contributed by atoms with Gasteiger partial charge in [0.15, 0.2) is 16.5 Å². The quantitative estimate of drug-likeness (QED) is 0.611. The second-order valence-electron chi connectivity index (χ2n) is 5.65. The third-order valence-corrected chi connectivity index (χ3v) is 4.54. The monoisotopic (exact) mass is 371 g/mol. The zero-order valence-electron chi connectivity index (χ0n) is 14.8. The van der Waals surface area contributed by atoms with Crippen LogP contribution in [0.5, 0.6) is 11.5 Å². The maximum absolute atomic E-state index is 12.6. The number of carbonyl (C=O) groups excluding carboxylic acids is 1. The Labute approximate surface area is 156 Å². The van der Waals surface area contributed by atoms with Crippen molar-refractivity contribution in [3.05, 3.63) is 59.9 Å². The van der Waals surface area contributed by atoms with Crippen LogP contribution in [0.3, 0.4) is 0 Å². The summed E-state index contributed by atoms with van der Waals surface area (Å²) in [4.78, 5) is 18.0. The summed E-state index contributed by atoms with van der Waals surface area (Å²) in [6, 6.07) is 4.94. The number of carbonyl (C=O) groups is 1. The number of thiazole rings is 1. The molecule has 0 saturated carbocycles. The molecular weight excluding hydrogens is 350 g/mol. The van der Waals surface area contributed by atoms with Crippen LogP contribution in [0.2, 0.25) is 0 Å². The van der Waals surface area contributed by atoms with Crippen molar-refractivity contribution in [1.29, 1.82) is 0 Å². The maximum atomic E-state index is 12.6. The highest BCUT2D eigenvalue weighted by Gasteiger charge is 2.16. The van der Waals surface area contributed by atoms with E-state index >= 15 is 0 Å². The number of amides is 1. The summed E-state index contributed by atoms with van der Waals surface area (Å²) in [6.07, 6.45) is 5.53. The molecule has 0 aliphatic heterocycles. The standard InChI is InChI=1S/C19H21N3O3S/c1-4-9-25-16-7-6-14(11-17(16)24-5-2)18(23)20-13(3)15-12-22-8-10-26-19(22)21-15/h4,6-8,10-13H,1,5,9H2,2-3H3,(H,20,23)/t13-/m0/s1. The number of aromatic nitrogens is 2. The molecule has 1 aromatic carbocycles. The highest BCUT2D eigenvalue weighted by Crippen LogP contribution is 2.29. The van der Waals surface area contributed by atoms with Crippen molar-refractivity contribution in [3.63, 3.8) is 0 Å². The summed E-state index contributed by atoms with van der Waals surface area (Å²) in [5, 5.41) is 4.95. The molecule has 0 bridgehead atoms. The highest BCUT2D eigenvalue weighted by atomic mass is 32.1. The lowest BCUT2D eigenvalue weighted by Gasteiger charge is -2.14. The number of nitrogens with one attached hydrogen (secondary N) is 1. The van der Waals surface area contributed by atoms with Crippen LogP contribution in [0, 0.1) is 0 Å². The van der Waals surface area contributed by atoms with E-state index in [9.17, 15) is 4.79 Å². The van der Waals surface area contributed by atoms with Crippen LogP contribution >= 0.6 is 11.3 Å². The second-order valence-corrected chi connectivity index (χ2v) is 6.52. The summed E-state index contributed by atoms with van der Waals surface area (Å²) in [7, 11) is 0. The molecule has 2 heterocycles. The normalized spacial score (nSPS) is 11.9. The number of hydrogen-bond acceptors (Lipinski definition) is 5. The minimum Gasteiger partial charge on any atom is -0.490 e. The van der Waals surface area contributed by atoms with Gasteiger partial charge in [-0.25, -0.2) is 4.98 Å². The number of hydrogen-bond donors (Lipinski definition) is 1. The Morgan fingerprint density at radius 1 is 1.42 bits per heavy atom. The summed E-state index contributed by atoms with van der Waals surface area (Å²) in [5.41, 5.74) is 1.33. The Kier molecular flexibility index (Phi) is 5.58. The van der Waals surface area contributed by atoms with Crippen molar-refractivity contribution >= 4 is 22.2 Å². The van der Waals surface area contributed by atoms with E-state index in [-0.39, 0.29) is 11.9 Å². The first-order valence-corrected chi connectivity index (χ1v) is 9.23. The van der Waals surface area contributed by atoms with Gasteiger partial charge in [0.25, 0.3) is 5.91 Å². The summed E-state index contributed by atoms with van der Waals surface area (Å²) in [5.74, 6) is 0.938. The molecule has 0 saturated heterocycles. The molecule has 7 heteroatoms. The average Bonchev–Trinajstić information content (AvgIpc) is 3.22. The van der Waals surface area contributed by atoms with Gasteiger partial charge in [-0.15, -0.1) is 11.3 Å². The number of fused-ring (bicyclic) bond motifs is 1. The first kappa shape index (κ1) is 18.0. The predicted octanol–water partition coefficient (Wildman–Crippen LogP) is 3.85. The van der Waals surface area contributed by atoms with Crippen molar-refractivity contribution in [2.75, 3.05) is 13.2 Å². The first-order valence-electron chi connectivity index (χ1n) is 8.36. The molecule has 1 atom stereocenters. The largest absolute Gasteiger partial charge is 0.490 e. The van der Waals surface area contributed by atoms with Gasteiger partial charge in [-0.05, 0) is 32.0 Å². The molecule has 3 aromatic rings. The molecule has 136 valence electrons. The van der Waals surface area contributed by atoms with E-state index in [0.29, 0.717) is 30.3 Å². The molecule has 0 aliphatic carbocycles. The molecule has 1 N–H and O–H groups in total. The van der Waals surface area contributed by atoms with Crippen LogP contribution in [-0.2, 0) is 0 Å². The fraction of sp³-hybridized carbons (Fsp3) is 0.263. The lowest BCUT2D eigenvalue weighted by molar-refractivity contribution is 0.0938. The zero-order chi connectivity index (χ0) is 18.5. The van der Waals surface area contributed by atoms with E-state index < -0.39 is 0 Å². The van der Waals surface area contributed by atoms with Gasteiger partial charge in [0, 0.05) is 23.3 Å². The van der Waals surface area contributed by atoms with Crippen LogP contribution in [0.4, 0.5) is 0 Å². The van der Waals surface area contributed by atoms with Crippen molar-refractivity contribution in [2.45, 2.75) is 19.9 Å². The predicted molar refractivity (Wildman–Crippen MR) is 102 cm³/mol. The molecule has 26 heavy (non-hydrogen) atoms. The molecule has 0 aliphatic rings. The molecule has 0 fully saturated rings. The minimum absolute atomic E-state index is 0.190. The zero-order valence-corrected chi connectivity index (χ0v) is 15.6. The summed E-state index contributed by atoms with van der Waals surface area (Å²) in [6.45, 7) is 8.29. The molecule has 3 rings (SSSR count). The van der Waals surface area contributed by atoms with Crippen LogP contribution in [0.1, 0.15) is 35.9 Å². The Morgan fingerprint density at radius 3 is 3.00 bits per heavy atom. The van der Waals surface area contributed by atoms with E-state index in [0.717, 1.165) is 10.7 Å². The average molecular weight is 371 g/mol. The Balaban J connectivity index is 1.74. The van der Waals surface area contributed by atoms with Crippen LogP contribution in [-0.4, -0.2) is 28.5 Å². The number of nitrogens with zero attached hydrogens (tertiary/aromatic N) is 2. The number of rotatable bonds is 8. The fourth-order valence-corrected chi connectivity index (χ4v) is 3.20. The van der Waals surface area contributed by atoms with Crippen LogP contribution in [0.15, 0.2) is 48.6 Å². The molecule has 0 unspecified atom stereocenters. The summed E-state index contributed by atoms with van der Waals surface area (Å²) >= 11 is 1.56. The number of imidazole rings is 1. The molecule has 0 spiro atoms. The number of benzene rings is 1. The topological polar surface area (TPSA) is 64.9 Å². The fourth-order valence-electron chi connectivity index (χ4n) is 2.49. The summed E-state index contributed by atoms with van der Waals surface area (Å²) < 4.78 is 13.1. The second kappa shape index (κ2) is 8.05. The van der Waals surface area contributed by atoms with Crippen LogP contribution < -0.4 is 14.8 Å². The van der Waals surface area contributed by atoms with Crippen molar-refractivity contribution in [3.8, 4) is 11.5 Å². The van der Waals surface area contributed by atoms with Gasteiger partial charge in [-0.1, -0.05) is 12.7 Å². The maximum Gasteiger partial charge on any atom is 0.251 e. The van der Waals surface area contributed by atoms with E-state index in [1.165, 1.54) is 0 Å². The molecule has 6 nitrogen and oxygen atoms in total. The van der Waals surface area contributed by atoms with Crippen molar-refractivity contribution in [2.24, 2.45) is 0 Å².